The van der Waals surface area contributed by atoms with Crippen LogP contribution in [-0.2, 0) is 11.3 Å². The van der Waals surface area contributed by atoms with Crippen LogP contribution in [0, 0.1) is 0 Å². The summed E-state index contributed by atoms with van der Waals surface area (Å²) < 4.78 is 1.21. The second-order valence-corrected chi connectivity index (χ2v) is 8.06. The van der Waals surface area contributed by atoms with Gasteiger partial charge in [0.25, 0.3) is 0 Å². The minimum atomic E-state index is 0. The second kappa shape index (κ2) is 13.5. The Balaban J connectivity index is 0.00000261. The minimum absolute atomic E-state index is 0. The molecular formula is C21H32GeN3O4. The molecule has 1 saturated heterocycles. The van der Waals surface area contributed by atoms with Gasteiger partial charge in [-0.1, -0.05) is 30.3 Å². The standard InChI is InChI=1S/C21H26GeN3O.3H2O/c1-23(20-9-7-19(22)8-10-20)21(26)11-12-24-13-15-25(16-14-24)17-18-5-3-2-4-6-18;;;/h2-10H,11-17H2,1H3;3*1H2. The third-order valence-corrected chi connectivity index (χ3v) is 5.68. The molecular weight excluding hydrogens is 431 g/mol. The van der Waals surface area contributed by atoms with Gasteiger partial charge in [0.05, 0.1) is 0 Å². The van der Waals surface area contributed by atoms with E-state index in [0.717, 1.165) is 45.0 Å². The van der Waals surface area contributed by atoms with E-state index in [1.165, 1.54) is 9.96 Å². The maximum absolute atomic E-state index is 12.5. The smallest absolute Gasteiger partial charge is 0.412 e. The van der Waals surface area contributed by atoms with E-state index in [4.69, 9.17) is 0 Å². The zero-order valence-corrected chi connectivity index (χ0v) is 19.0. The molecule has 0 atom stereocenters. The van der Waals surface area contributed by atoms with Crippen LogP contribution in [0.15, 0.2) is 54.6 Å². The first-order valence-electron chi connectivity index (χ1n) is 9.19. The van der Waals surface area contributed by atoms with Crippen LogP contribution in [0.5, 0.6) is 0 Å². The van der Waals surface area contributed by atoms with E-state index < -0.39 is 0 Å². The van der Waals surface area contributed by atoms with Gasteiger partial charge in [-0.05, 0) is 5.56 Å². The van der Waals surface area contributed by atoms with Gasteiger partial charge < -0.3 is 16.4 Å². The van der Waals surface area contributed by atoms with Crippen molar-refractivity contribution in [1.82, 2.24) is 9.80 Å². The molecule has 2 aromatic rings. The molecule has 6 N–H and O–H groups in total. The van der Waals surface area contributed by atoms with Crippen LogP contribution in [0.4, 0.5) is 5.69 Å². The van der Waals surface area contributed by atoms with Crippen molar-refractivity contribution in [3.8, 4) is 0 Å². The Morgan fingerprint density at radius 1 is 0.897 bits per heavy atom. The monoisotopic (exact) mass is 464 g/mol. The normalized spacial score (nSPS) is 14.1. The summed E-state index contributed by atoms with van der Waals surface area (Å²) in [7, 11) is 1.87. The maximum Gasteiger partial charge on any atom is -0.412 e. The van der Waals surface area contributed by atoms with Crippen LogP contribution in [-0.4, -0.2) is 88.4 Å². The first-order chi connectivity index (χ1) is 12.6. The average Bonchev–Trinajstić information content (AvgIpc) is 2.68. The number of hydrogen-bond donors (Lipinski definition) is 0. The fourth-order valence-electron chi connectivity index (χ4n) is 3.26. The van der Waals surface area contributed by atoms with Crippen LogP contribution < -0.4 is 9.30 Å². The number of hydrogen-bond acceptors (Lipinski definition) is 3. The van der Waals surface area contributed by atoms with E-state index in [9.17, 15) is 4.79 Å². The first-order valence-corrected chi connectivity index (χ1v) is 10.2. The minimum Gasteiger partial charge on any atom is -0.412 e. The van der Waals surface area contributed by atoms with Crippen molar-refractivity contribution in [2.24, 2.45) is 0 Å². The van der Waals surface area contributed by atoms with Gasteiger partial charge in [-0.3, -0.25) is 0 Å². The van der Waals surface area contributed by atoms with E-state index in [1.54, 1.807) is 4.90 Å². The number of carbonyl (C=O) groups is 1. The third kappa shape index (κ3) is 8.25. The molecule has 0 saturated carbocycles. The van der Waals surface area contributed by atoms with Crippen molar-refractivity contribution in [2.45, 2.75) is 13.0 Å². The fraction of sp³-hybridized carbons (Fsp3) is 0.381. The summed E-state index contributed by atoms with van der Waals surface area (Å²) in [4.78, 5) is 19.1. The summed E-state index contributed by atoms with van der Waals surface area (Å²) in [5.74, 6) is 0.181. The predicted octanol–water partition coefficient (Wildman–Crippen LogP) is -0.823. The third-order valence-electron chi connectivity index (χ3n) is 4.98. The van der Waals surface area contributed by atoms with E-state index in [-0.39, 0.29) is 22.3 Å². The summed E-state index contributed by atoms with van der Waals surface area (Å²) in [6.45, 7) is 6.06. The van der Waals surface area contributed by atoms with Crippen LogP contribution in [0.25, 0.3) is 0 Å². The molecule has 1 amide bonds. The Kier molecular flexibility index (Phi) is 12.7. The van der Waals surface area contributed by atoms with Crippen LogP contribution in [0.2, 0.25) is 0 Å². The van der Waals surface area contributed by atoms with Gasteiger partial charge >= 0.3 is 122 Å². The number of piperazine rings is 1. The van der Waals surface area contributed by atoms with E-state index in [0.29, 0.717) is 6.42 Å². The summed E-state index contributed by atoms with van der Waals surface area (Å²) >= 11 is 2.06. The first kappa shape index (κ1) is 27.3. The largest absolute Gasteiger partial charge is 0.412 e. The van der Waals surface area contributed by atoms with Gasteiger partial charge in [0, 0.05) is 6.54 Å². The topological polar surface area (TPSA) is 121 Å². The van der Waals surface area contributed by atoms with Crippen molar-refractivity contribution in [3.05, 3.63) is 60.2 Å². The Morgan fingerprint density at radius 2 is 1.45 bits per heavy atom. The molecule has 0 aliphatic carbocycles. The molecule has 0 spiro atoms. The molecule has 0 aromatic heterocycles. The zero-order chi connectivity index (χ0) is 18.4. The van der Waals surface area contributed by atoms with Crippen LogP contribution >= 0.6 is 0 Å². The molecule has 159 valence electrons. The average molecular weight is 463 g/mol. The number of rotatable bonds is 6. The summed E-state index contributed by atoms with van der Waals surface area (Å²) in [6, 6.07) is 18.7. The molecule has 3 rings (SSSR count). The summed E-state index contributed by atoms with van der Waals surface area (Å²) in [6.07, 6.45) is 0.572. The quantitative estimate of drug-likeness (QED) is 0.521. The number of nitrogens with zero attached hydrogens (tertiary/aromatic N) is 3. The fourth-order valence-corrected chi connectivity index (χ4v) is 3.61. The zero-order valence-electron chi connectivity index (χ0n) is 16.9. The Hall–Kier alpha value is -1.75. The van der Waals surface area contributed by atoms with Crippen molar-refractivity contribution < 1.29 is 21.2 Å². The molecule has 1 heterocycles. The summed E-state index contributed by atoms with van der Waals surface area (Å²) in [5, 5.41) is 0. The molecule has 29 heavy (non-hydrogen) atoms. The predicted molar refractivity (Wildman–Crippen MR) is 119 cm³/mol. The SMILES string of the molecule is CN(C(=O)CCN1CCN(Cc2ccccc2)CC1)c1cc[c]([Ge])cc1.O.O.O. The number of amides is 1. The van der Waals surface area contributed by atoms with Gasteiger partial charge in [0.15, 0.2) is 0 Å². The van der Waals surface area contributed by atoms with E-state index >= 15 is 0 Å². The molecule has 1 aliphatic heterocycles. The molecule has 1 aliphatic rings. The molecule has 1 fully saturated rings. The molecule has 0 unspecified atom stereocenters. The maximum atomic E-state index is 12.5. The van der Waals surface area contributed by atoms with Gasteiger partial charge in [-0.2, -0.15) is 0 Å². The summed E-state index contributed by atoms with van der Waals surface area (Å²) in [5.41, 5.74) is 2.34. The second-order valence-electron chi connectivity index (χ2n) is 6.85. The number of benzene rings is 2. The van der Waals surface area contributed by atoms with Crippen LogP contribution in [0.1, 0.15) is 12.0 Å². The van der Waals surface area contributed by atoms with E-state index in [1.807, 2.05) is 31.3 Å². The molecule has 0 bridgehead atoms. The molecule has 8 heteroatoms. The molecule has 7 nitrogen and oxygen atoms in total. The number of anilines is 1. The van der Waals surface area contributed by atoms with Gasteiger partial charge in [-0.25, -0.2) is 0 Å². The Labute approximate surface area is 181 Å². The van der Waals surface area contributed by atoms with Gasteiger partial charge in [0.1, 0.15) is 0 Å². The van der Waals surface area contributed by atoms with Crippen molar-refractivity contribution in [3.63, 3.8) is 0 Å². The van der Waals surface area contributed by atoms with Gasteiger partial charge in [0.2, 0.25) is 0 Å². The van der Waals surface area contributed by atoms with Gasteiger partial charge in [-0.15, -0.1) is 0 Å². The number of carbonyl (C=O) groups excluding carboxylic acids is 1. The molecule has 3 radical (unpaired) electrons. The van der Waals surface area contributed by atoms with Crippen molar-refractivity contribution in [2.75, 3.05) is 44.7 Å². The van der Waals surface area contributed by atoms with E-state index in [2.05, 4.69) is 56.6 Å². The van der Waals surface area contributed by atoms with Crippen molar-refractivity contribution in [1.29, 1.82) is 0 Å². The van der Waals surface area contributed by atoms with Crippen molar-refractivity contribution >= 4 is 32.5 Å². The Morgan fingerprint density at radius 3 is 2.03 bits per heavy atom. The molecule has 2 aromatic carbocycles. The Bertz CT molecular complexity index is 708. The van der Waals surface area contributed by atoms with Crippen LogP contribution in [0.3, 0.4) is 0 Å².